The topological polar surface area (TPSA) is 103 Å². The molecule has 27 heavy (non-hydrogen) atoms. The summed E-state index contributed by atoms with van der Waals surface area (Å²) in [4.78, 5) is 26.8. The zero-order valence-electron chi connectivity index (χ0n) is 16.0. The zero-order valence-corrected chi connectivity index (χ0v) is 16.0. The first-order chi connectivity index (χ1) is 13.0. The highest BCUT2D eigenvalue weighted by Crippen LogP contribution is 2.26. The molecule has 9 heteroatoms. The van der Waals surface area contributed by atoms with Crippen molar-refractivity contribution in [3.05, 3.63) is 12.7 Å². The minimum Gasteiger partial charge on any atom is -0.469 e. The third-order valence-electron chi connectivity index (χ3n) is 5.19. The Bertz CT molecular complexity index is 774. The standard InChI is InChI=1S/C18H27N5O4/c1-12(18(25)26-3)6-22(2)16-15-17(20-10-19-16)23(11-21-15)7-14(8-24)13-4-5-27-9-13/h10-14,24H,4-9H2,1-3H3. The SMILES string of the molecule is COC(=O)C(C)CN(C)c1ncnc2c1ncn2CC(CO)C1CCOC1. The molecule has 0 saturated carbocycles. The lowest BCUT2D eigenvalue weighted by Gasteiger charge is -2.22. The molecule has 0 aliphatic carbocycles. The van der Waals surface area contributed by atoms with E-state index in [9.17, 15) is 9.90 Å². The molecule has 0 aromatic carbocycles. The van der Waals surface area contributed by atoms with Gasteiger partial charge in [0.05, 0.1) is 19.4 Å². The van der Waals surface area contributed by atoms with Gasteiger partial charge in [0.1, 0.15) is 6.33 Å². The van der Waals surface area contributed by atoms with Crippen LogP contribution in [-0.4, -0.2) is 71.1 Å². The number of rotatable bonds is 8. The average Bonchev–Trinajstić information content (AvgIpc) is 3.35. The van der Waals surface area contributed by atoms with Crippen LogP contribution in [0.4, 0.5) is 5.82 Å². The van der Waals surface area contributed by atoms with E-state index in [1.165, 1.54) is 13.4 Å². The van der Waals surface area contributed by atoms with Crippen molar-refractivity contribution in [1.82, 2.24) is 19.5 Å². The van der Waals surface area contributed by atoms with Crippen molar-refractivity contribution >= 4 is 23.0 Å². The second kappa shape index (κ2) is 8.62. The molecule has 3 unspecified atom stereocenters. The Morgan fingerprint density at radius 3 is 2.96 bits per heavy atom. The van der Waals surface area contributed by atoms with Gasteiger partial charge in [-0.05, 0) is 12.3 Å². The number of esters is 1. The van der Waals surface area contributed by atoms with Gasteiger partial charge in [-0.3, -0.25) is 4.79 Å². The van der Waals surface area contributed by atoms with Gasteiger partial charge in [0, 0.05) is 45.9 Å². The van der Waals surface area contributed by atoms with E-state index in [4.69, 9.17) is 9.47 Å². The summed E-state index contributed by atoms with van der Waals surface area (Å²) < 4.78 is 12.2. The summed E-state index contributed by atoms with van der Waals surface area (Å²) in [7, 11) is 3.25. The largest absolute Gasteiger partial charge is 0.469 e. The maximum absolute atomic E-state index is 11.7. The minimum absolute atomic E-state index is 0.0976. The van der Waals surface area contributed by atoms with Gasteiger partial charge in [-0.2, -0.15) is 0 Å². The molecule has 1 aliphatic heterocycles. The molecule has 3 rings (SSSR count). The van der Waals surface area contributed by atoms with Crippen LogP contribution in [0.5, 0.6) is 0 Å². The predicted octanol–water partition coefficient (Wildman–Crippen LogP) is 0.717. The lowest BCUT2D eigenvalue weighted by Crippen LogP contribution is -2.30. The van der Waals surface area contributed by atoms with Crippen LogP contribution in [0.25, 0.3) is 11.2 Å². The maximum atomic E-state index is 11.7. The Kier molecular flexibility index (Phi) is 6.22. The summed E-state index contributed by atoms with van der Waals surface area (Å²) in [5.74, 6) is 0.562. The van der Waals surface area contributed by atoms with Gasteiger partial charge in [-0.1, -0.05) is 6.92 Å². The van der Waals surface area contributed by atoms with Gasteiger partial charge in [0.2, 0.25) is 0 Å². The molecule has 0 radical (unpaired) electrons. The first-order valence-corrected chi connectivity index (χ1v) is 9.18. The van der Waals surface area contributed by atoms with Crippen molar-refractivity contribution in [2.24, 2.45) is 17.8 Å². The summed E-state index contributed by atoms with van der Waals surface area (Å²) in [6, 6.07) is 0. The second-order valence-corrected chi connectivity index (χ2v) is 7.14. The molecule has 3 heterocycles. The van der Waals surface area contributed by atoms with Crippen LogP contribution in [0, 0.1) is 17.8 Å². The van der Waals surface area contributed by atoms with Crippen LogP contribution in [0.3, 0.4) is 0 Å². The first kappa shape index (κ1) is 19.5. The molecule has 1 saturated heterocycles. The number of aliphatic hydroxyl groups is 1. The third-order valence-corrected chi connectivity index (χ3v) is 5.19. The number of hydrogen-bond acceptors (Lipinski definition) is 8. The Hall–Kier alpha value is -2.26. The van der Waals surface area contributed by atoms with Gasteiger partial charge in [-0.15, -0.1) is 0 Å². The minimum atomic E-state index is -0.284. The molecular weight excluding hydrogens is 350 g/mol. The Balaban J connectivity index is 1.80. The highest BCUT2D eigenvalue weighted by molar-refractivity contribution is 5.83. The number of carbonyl (C=O) groups excluding carboxylic acids is 1. The molecule has 1 aliphatic rings. The van der Waals surface area contributed by atoms with Crippen molar-refractivity contribution in [3.8, 4) is 0 Å². The fourth-order valence-electron chi connectivity index (χ4n) is 3.59. The van der Waals surface area contributed by atoms with Gasteiger partial charge in [0.15, 0.2) is 17.0 Å². The number of hydrogen-bond donors (Lipinski definition) is 1. The molecule has 3 atom stereocenters. The van der Waals surface area contributed by atoms with Crippen molar-refractivity contribution in [2.75, 3.05) is 45.4 Å². The van der Waals surface area contributed by atoms with E-state index in [1.807, 2.05) is 23.4 Å². The molecule has 2 aromatic rings. The van der Waals surface area contributed by atoms with Crippen LogP contribution in [0.15, 0.2) is 12.7 Å². The summed E-state index contributed by atoms with van der Waals surface area (Å²) >= 11 is 0. The van der Waals surface area contributed by atoms with Gasteiger partial charge in [-0.25, -0.2) is 15.0 Å². The van der Waals surface area contributed by atoms with Crippen LogP contribution < -0.4 is 4.90 Å². The van der Waals surface area contributed by atoms with Crippen molar-refractivity contribution in [1.29, 1.82) is 0 Å². The summed E-state index contributed by atoms with van der Waals surface area (Å²) in [6.45, 7) is 4.44. The smallest absolute Gasteiger partial charge is 0.310 e. The van der Waals surface area contributed by atoms with Gasteiger partial charge >= 0.3 is 5.97 Å². The van der Waals surface area contributed by atoms with Crippen LogP contribution in [0.2, 0.25) is 0 Å². The number of anilines is 1. The third kappa shape index (κ3) is 4.19. The Morgan fingerprint density at radius 1 is 1.48 bits per heavy atom. The summed E-state index contributed by atoms with van der Waals surface area (Å²) in [5, 5.41) is 9.80. The fraction of sp³-hybridized carbons (Fsp3) is 0.667. The van der Waals surface area contributed by atoms with Crippen LogP contribution in [-0.2, 0) is 20.8 Å². The van der Waals surface area contributed by atoms with Crippen LogP contribution in [0.1, 0.15) is 13.3 Å². The molecule has 1 fully saturated rings. The molecule has 0 spiro atoms. The van der Waals surface area contributed by atoms with E-state index in [0.717, 1.165) is 18.7 Å². The fourth-order valence-corrected chi connectivity index (χ4v) is 3.59. The number of imidazole rings is 1. The van der Waals surface area contributed by atoms with Crippen molar-refractivity contribution in [3.63, 3.8) is 0 Å². The molecule has 148 valence electrons. The number of aromatic nitrogens is 4. The predicted molar refractivity (Wildman–Crippen MR) is 99.3 cm³/mol. The molecule has 9 nitrogen and oxygen atoms in total. The Labute approximate surface area is 158 Å². The summed E-state index contributed by atoms with van der Waals surface area (Å²) in [5.41, 5.74) is 1.39. The number of ether oxygens (including phenoxy) is 2. The molecule has 0 amide bonds. The second-order valence-electron chi connectivity index (χ2n) is 7.14. The van der Waals surface area contributed by atoms with Crippen LogP contribution >= 0.6 is 0 Å². The number of nitrogens with zero attached hydrogens (tertiary/aromatic N) is 5. The Morgan fingerprint density at radius 2 is 2.30 bits per heavy atom. The quantitative estimate of drug-likeness (QED) is 0.671. The monoisotopic (exact) mass is 377 g/mol. The first-order valence-electron chi connectivity index (χ1n) is 9.18. The average molecular weight is 377 g/mol. The van der Waals surface area contributed by atoms with E-state index < -0.39 is 0 Å². The van der Waals surface area contributed by atoms with E-state index in [0.29, 0.717) is 36.9 Å². The number of aliphatic hydroxyl groups excluding tert-OH is 1. The lowest BCUT2D eigenvalue weighted by molar-refractivity contribution is -0.144. The van der Waals surface area contributed by atoms with E-state index >= 15 is 0 Å². The highest BCUT2D eigenvalue weighted by Gasteiger charge is 2.27. The lowest BCUT2D eigenvalue weighted by atomic mass is 9.92. The molecule has 1 N–H and O–H groups in total. The summed E-state index contributed by atoms with van der Waals surface area (Å²) in [6.07, 6.45) is 4.20. The van der Waals surface area contributed by atoms with Gasteiger partial charge in [0.25, 0.3) is 0 Å². The number of carbonyl (C=O) groups is 1. The van der Waals surface area contributed by atoms with Crippen molar-refractivity contribution in [2.45, 2.75) is 19.9 Å². The normalized spacial score (nSPS) is 19.2. The highest BCUT2D eigenvalue weighted by atomic mass is 16.5. The molecular formula is C18H27N5O4. The van der Waals surface area contributed by atoms with E-state index in [1.54, 1.807) is 6.33 Å². The zero-order chi connectivity index (χ0) is 19.4. The van der Waals surface area contributed by atoms with Crippen molar-refractivity contribution < 1.29 is 19.4 Å². The number of methoxy groups -OCH3 is 1. The maximum Gasteiger partial charge on any atom is 0.310 e. The van der Waals surface area contributed by atoms with E-state index in [-0.39, 0.29) is 24.4 Å². The molecule has 2 aromatic heterocycles. The molecule has 0 bridgehead atoms. The number of fused-ring (bicyclic) bond motifs is 1. The van der Waals surface area contributed by atoms with Gasteiger partial charge < -0.3 is 24.0 Å². The van der Waals surface area contributed by atoms with E-state index in [2.05, 4.69) is 15.0 Å².